The highest BCUT2D eigenvalue weighted by Crippen LogP contribution is 2.29. The highest BCUT2D eigenvalue weighted by Gasteiger charge is 2.24. The third kappa shape index (κ3) is 4.07. The molecule has 1 aliphatic rings. The first-order valence-corrected chi connectivity index (χ1v) is 9.68. The Balaban J connectivity index is 1.61. The molecule has 0 bridgehead atoms. The number of H-pyrrole nitrogens is 1. The van der Waals surface area contributed by atoms with Crippen molar-refractivity contribution in [3.63, 3.8) is 0 Å². The number of aromatic amines is 1. The first-order chi connectivity index (χ1) is 13.6. The molecule has 0 amide bonds. The summed E-state index contributed by atoms with van der Waals surface area (Å²) in [4.78, 5) is 25.2. The minimum absolute atomic E-state index is 0.0682. The van der Waals surface area contributed by atoms with E-state index in [1.165, 1.54) is 17.8 Å². The van der Waals surface area contributed by atoms with Crippen LogP contribution in [-0.4, -0.2) is 28.0 Å². The zero-order valence-corrected chi connectivity index (χ0v) is 16.0. The fourth-order valence-electron chi connectivity index (χ4n) is 3.71. The molecule has 1 aliphatic heterocycles. The van der Waals surface area contributed by atoms with Gasteiger partial charge in [0.05, 0.1) is 0 Å². The minimum Gasteiger partial charge on any atom is -0.355 e. The van der Waals surface area contributed by atoms with Crippen LogP contribution in [0, 0.1) is 11.9 Å². The second-order valence-electron chi connectivity index (χ2n) is 7.06. The summed E-state index contributed by atoms with van der Waals surface area (Å²) >= 11 is 6.29. The summed E-state index contributed by atoms with van der Waals surface area (Å²) in [6.45, 7) is 1.56. The Morgan fingerprint density at radius 3 is 2.86 bits per heavy atom. The lowest BCUT2D eigenvalue weighted by atomic mass is 9.91. The summed E-state index contributed by atoms with van der Waals surface area (Å²) in [5.74, 6) is 0.568. The molecule has 7 heteroatoms. The van der Waals surface area contributed by atoms with Crippen LogP contribution in [0.15, 0.2) is 53.5 Å². The molecule has 3 aromatic rings. The number of halogens is 2. The van der Waals surface area contributed by atoms with Gasteiger partial charge in [-0.3, -0.25) is 4.79 Å². The molecule has 1 aromatic carbocycles. The number of hydrogen-bond donors (Lipinski definition) is 1. The number of benzene rings is 1. The molecule has 28 heavy (non-hydrogen) atoms. The van der Waals surface area contributed by atoms with E-state index in [9.17, 15) is 9.18 Å². The second-order valence-corrected chi connectivity index (χ2v) is 7.44. The quantitative estimate of drug-likeness (QED) is 0.672. The first-order valence-electron chi connectivity index (χ1n) is 9.31. The van der Waals surface area contributed by atoms with E-state index in [0.717, 1.165) is 32.4 Å². The van der Waals surface area contributed by atoms with Gasteiger partial charge < -0.3 is 9.88 Å². The Hall–Kier alpha value is -2.73. The smallest absolute Gasteiger partial charge is 0.272 e. The molecule has 1 saturated heterocycles. The van der Waals surface area contributed by atoms with Gasteiger partial charge in [-0.2, -0.15) is 4.39 Å². The number of aromatic nitrogens is 3. The van der Waals surface area contributed by atoms with Crippen LogP contribution in [0.25, 0.3) is 11.4 Å². The molecule has 2 aromatic heterocycles. The van der Waals surface area contributed by atoms with Crippen molar-refractivity contribution in [2.75, 3.05) is 18.0 Å². The lowest BCUT2D eigenvalue weighted by molar-refractivity contribution is 0.411. The van der Waals surface area contributed by atoms with Crippen molar-refractivity contribution in [2.45, 2.75) is 19.3 Å². The topological polar surface area (TPSA) is 61.9 Å². The van der Waals surface area contributed by atoms with Crippen molar-refractivity contribution < 1.29 is 4.39 Å². The van der Waals surface area contributed by atoms with Gasteiger partial charge in [-0.15, -0.1) is 0 Å². The van der Waals surface area contributed by atoms with E-state index in [0.29, 0.717) is 17.3 Å². The predicted molar refractivity (Wildman–Crippen MR) is 108 cm³/mol. The Kier molecular flexibility index (Phi) is 5.39. The summed E-state index contributed by atoms with van der Waals surface area (Å²) < 4.78 is 13.5. The zero-order valence-electron chi connectivity index (χ0n) is 15.2. The van der Waals surface area contributed by atoms with Gasteiger partial charge in [0, 0.05) is 30.9 Å². The van der Waals surface area contributed by atoms with Crippen LogP contribution < -0.4 is 10.5 Å². The van der Waals surface area contributed by atoms with Gasteiger partial charge in [-0.05, 0) is 36.8 Å². The summed E-state index contributed by atoms with van der Waals surface area (Å²) in [5, 5.41) is 0.0682. The van der Waals surface area contributed by atoms with E-state index >= 15 is 0 Å². The van der Waals surface area contributed by atoms with Gasteiger partial charge in [0.25, 0.3) is 5.56 Å². The number of rotatable bonds is 4. The lowest BCUT2D eigenvalue weighted by Crippen LogP contribution is -2.38. The molecule has 0 unspecified atom stereocenters. The molecule has 0 radical (unpaired) electrons. The summed E-state index contributed by atoms with van der Waals surface area (Å²) in [6.07, 6.45) is 4.44. The van der Waals surface area contributed by atoms with E-state index in [1.54, 1.807) is 6.07 Å². The second kappa shape index (κ2) is 8.10. The van der Waals surface area contributed by atoms with Crippen LogP contribution in [0.2, 0.25) is 5.02 Å². The third-order valence-electron chi connectivity index (χ3n) is 5.03. The van der Waals surface area contributed by atoms with Crippen molar-refractivity contribution in [2.24, 2.45) is 5.92 Å². The molecule has 0 saturated carbocycles. The van der Waals surface area contributed by atoms with E-state index < -0.39 is 11.5 Å². The van der Waals surface area contributed by atoms with Crippen LogP contribution in [0.1, 0.15) is 18.4 Å². The molecule has 5 nitrogen and oxygen atoms in total. The molecule has 0 aliphatic carbocycles. The lowest BCUT2D eigenvalue weighted by Gasteiger charge is -2.34. The largest absolute Gasteiger partial charge is 0.355 e. The minimum atomic E-state index is -0.627. The highest BCUT2D eigenvalue weighted by molar-refractivity contribution is 6.32. The SMILES string of the molecule is O=c1[nH]c(-c2ccnc(F)c2)nc(N2CCC[C@H](Cc3ccccc3)C2)c1Cl. The molecule has 1 fully saturated rings. The zero-order chi connectivity index (χ0) is 19.5. The van der Waals surface area contributed by atoms with Gasteiger partial charge in [0.1, 0.15) is 10.8 Å². The Morgan fingerprint density at radius 1 is 1.25 bits per heavy atom. The summed E-state index contributed by atoms with van der Waals surface area (Å²) in [6, 6.07) is 13.2. The molecular weight excluding hydrogens is 379 g/mol. The molecule has 1 N–H and O–H groups in total. The van der Waals surface area contributed by atoms with Crippen molar-refractivity contribution in [3.8, 4) is 11.4 Å². The van der Waals surface area contributed by atoms with E-state index in [1.807, 2.05) is 18.2 Å². The Morgan fingerprint density at radius 2 is 2.07 bits per heavy atom. The third-order valence-corrected chi connectivity index (χ3v) is 5.37. The highest BCUT2D eigenvalue weighted by atomic mass is 35.5. The number of nitrogens with zero attached hydrogens (tertiary/aromatic N) is 3. The van der Waals surface area contributed by atoms with Gasteiger partial charge in [0.15, 0.2) is 5.82 Å². The summed E-state index contributed by atoms with van der Waals surface area (Å²) in [7, 11) is 0. The first kappa shape index (κ1) is 18.6. The monoisotopic (exact) mass is 398 g/mol. The van der Waals surface area contributed by atoms with Crippen LogP contribution in [0.3, 0.4) is 0 Å². The maximum absolute atomic E-state index is 13.5. The van der Waals surface area contributed by atoms with Crippen molar-refractivity contribution in [1.82, 2.24) is 15.0 Å². The fraction of sp³-hybridized carbons (Fsp3) is 0.286. The van der Waals surface area contributed by atoms with Gasteiger partial charge in [-0.1, -0.05) is 41.9 Å². The average molecular weight is 399 g/mol. The normalized spacial score (nSPS) is 16.9. The molecule has 1 atom stereocenters. The van der Waals surface area contributed by atoms with E-state index in [4.69, 9.17) is 11.6 Å². The molecule has 4 rings (SSSR count). The standard InChI is InChI=1S/C21H20ClFN4O/c22-18-20(25-19(26-21(18)28)16-8-9-24-17(23)12-16)27-10-4-7-15(13-27)11-14-5-2-1-3-6-14/h1-3,5-6,8-9,12,15H,4,7,10-11,13H2,(H,25,26,28)/t15-/m1/s1. The number of hydrogen-bond acceptors (Lipinski definition) is 4. The predicted octanol–water partition coefficient (Wildman–Crippen LogP) is 4.08. The average Bonchev–Trinajstić information content (AvgIpc) is 2.71. The van der Waals surface area contributed by atoms with Crippen LogP contribution in [0.5, 0.6) is 0 Å². The van der Waals surface area contributed by atoms with Crippen molar-refractivity contribution in [3.05, 3.63) is 75.5 Å². The molecule has 0 spiro atoms. The van der Waals surface area contributed by atoms with Crippen LogP contribution in [-0.2, 0) is 6.42 Å². The van der Waals surface area contributed by atoms with Gasteiger partial charge >= 0.3 is 0 Å². The van der Waals surface area contributed by atoms with Crippen molar-refractivity contribution >= 4 is 17.4 Å². The fourth-order valence-corrected chi connectivity index (χ4v) is 3.92. The van der Waals surface area contributed by atoms with Crippen molar-refractivity contribution in [1.29, 1.82) is 0 Å². The van der Waals surface area contributed by atoms with Gasteiger partial charge in [0.2, 0.25) is 5.95 Å². The number of piperidine rings is 1. The van der Waals surface area contributed by atoms with E-state index in [-0.39, 0.29) is 10.8 Å². The maximum Gasteiger partial charge on any atom is 0.272 e. The maximum atomic E-state index is 13.5. The molecule has 144 valence electrons. The number of nitrogens with one attached hydrogen (secondary N) is 1. The Labute approximate surface area is 167 Å². The van der Waals surface area contributed by atoms with Crippen LogP contribution >= 0.6 is 11.6 Å². The number of pyridine rings is 1. The van der Waals surface area contributed by atoms with Gasteiger partial charge in [-0.25, -0.2) is 9.97 Å². The van der Waals surface area contributed by atoms with E-state index in [2.05, 4.69) is 32.0 Å². The summed E-state index contributed by atoms with van der Waals surface area (Å²) in [5.41, 5.74) is 1.33. The Bertz CT molecular complexity index is 1020. The molecular formula is C21H20ClFN4O. The van der Waals surface area contributed by atoms with Crippen LogP contribution in [0.4, 0.5) is 10.2 Å². The number of anilines is 1. The molecule has 3 heterocycles.